The van der Waals surface area contributed by atoms with Crippen molar-refractivity contribution in [1.29, 1.82) is 0 Å². The lowest BCUT2D eigenvalue weighted by molar-refractivity contribution is 0.122. The van der Waals surface area contributed by atoms with Crippen LogP contribution >= 0.6 is 11.8 Å². The second kappa shape index (κ2) is 9.62. The molecule has 0 saturated carbocycles. The number of hydrogen-bond donors (Lipinski definition) is 2. The Labute approximate surface area is 141 Å². The molecule has 1 saturated heterocycles. The monoisotopic (exact) mass is 340 g/mol. The van der Waals surface area contributed by atoms with Crippen LogP contribution in [0.15, 0.2) is 23.2 Å². The van der Waals surface area contributed by atoms with Crippen molar-refractivity contribution in [2.75, 3.05) is 56.8 Å². The third-order valence-electron chi connectivity index (χ3n) is 3.65. The highest BCUT2D eigenvalue weighted by Gasteiger charge is 2.15. The Bertz CT molecular complexity index is 521. The Hall–Kier alpha value is -1.47. The van der Waals surface area contributed by atoms with Gasteiger partial charge in [-0.2, -0.15) is 11.8 Å². The molecule has 1 aliphatic heterocycles. The Morgan fingerprint density at radius 3 is 2.78 bits per heavy atom. The Balaban J connectivity index is 1.89. The lowest BCUT2D eigenvalue weighted by atomic mass is 10.1. The van der Waals surface area contributed by atoms with Crippen LogP contribution in [0.5, 0.6) is 0 Å². The number of guanidine groups is 1. The van der Waals surface area contributed by atoms with Gasteiger partial charge in [-0.25, -0.2) is 4.39 Å². The lowest BCUT2D eigenvalue weighted by Crippen LogP contribution is -2.38. The number of morpholine rings is 1. The summed E-state index contributed by atoms with van der Waals surface area (Å²) >= 11 is 1.78. The van der Waals surface area contributed by atoms with Gasteiger partial charge in [0.25, 0.3) is 0 Å². The maximum Gasteiger partial charge on any atom is 0.191 e. The Morgan fingerprint density at radius 2 is 2.13 bits per heavy atom. The fourth-order valence-corrected chi connectivity index (χ4v) is 2.71. The standard InChI is InChI=1S/C16H25FN4OS/c1-18-16(19-5-10-23-2)20-12-13-3-4-15(14(17)11-13)21-6-8-22-9-7-21/h3-4,11H,5-10,12H2,1-2H3,(H2,18,19,20). The van der Waals surface area contributed by atoms with E-state index in [0.717, 1.165) is 36.9 Å². The molecule has 0 spiro atoms. The topological polar surface area (TPSA) is 48.9 Å². The molecule has 1 aromatic rings. The zero-order chi connectivity index (χ0) is 16.5. The van der Waals surface area contributed by atoms with E-state index in [1.165, 1.54) is 0 Å². The van der Waals surface area contributed by atoms with Gasteiger partial charge in [0.15, 0.2) is 5.96 Å². The molecule has 128 valence electrons. The smallest absolute Gasteiger partial charge is 0.191 e. The van der Waals surface area contributed by atoms with Gasteiger partial charge in [0.1, 0.15) is 5.82 Å². The van der Waals surface area contributed by atoms with Gasteiger partial charge in [0, 0.05) is 39.0 Å². The van der Waals surface area contributed by atoms with Crippen molar-refractivity contribution in [2.24, 2.45) is 4.99 Å². The molecule has 7 heteroatoms. The molecule has 0 aromatic heterocycles. The number of benzene rings is 1. The van der Waals surface area contributed by atoms with Crippen LogP contribution < -0.4 is 15.5 Å². The highest BCUT2D eigenvalue weighted by Crippen LogP contribution is 2.21. The van der Waals surface area contributed by atoms with E-state index in [2.05, 4.69) is 21.9 Å². The van der Waals surface area contributed by atoms with Crippen molar-refractivity contribution >= 4 is 23.4 Å². The number of anilines is 1. The normalized spacial score (nSPS) is 15.6. The van der Waals surface area contributed by atoms with Gasteiger partial charge >= 0.3 is 0 Å². The average molecular weight is 340 g/mol. The van der Waals surface area contributed by atoms with Crippen LogP contribution in [0.4, 0.5) is 10.1 Å². The number of aliphatic imine (C=N–C) groups is 1. The maximum atomic E-state index is 14.3. The van der Waals surface area contributed by atoms with Crippen LogP contribution in [-0.2, 0) is 11.3 Å². The Kier molecular flexibility index (Phi) is 7.48. The highest BCUT2D eigenvalue weighted by molar-refractivity contribution is 7.98. The molecule has 0 aliphatic carbocycles. The number of nitrogens with one attached hydrogen (secondary N) is 2. The molecule has 0 amide bonds. The van der Waals surface area contributed by atoms with E-state index in [4.69, 9.17) is 4.74 Å². The molecule has 5 nitrogen and oxygen atoms in total. The first kappa shape index (κ1) is 17.9. The van der Waals surface area contributed by atoms with Crippen molar-refractivity contribution in [3.05, 3.63) is 29.6 Å². The minimum Gasteiger partial charge on any atom is -0.378 e. The van der Waals surface area contributed by atoms with Crippen LogP contribution in [-0.4, -0.2) is 57.9 Å². The summed E-state index contributed by atoms with van der Waals surface area (Å²) in [6.45, 7) is 4.17. The summed E-state index contributed by atoms with van der Waals surface area (Å²) in [4.78, 5) is 6.18. The summed E-state index contributed by atoms with van der Waals surface area (Å²) in [5.41, 5.74) is 1.55. The first-order valence-corrected chi connectivity index (χ1v) is 9.18. The molecule has 0 radical (unpaired) electrons. The molecular weight excluding hydrogens is 315 g/mol. The highest BCUT2D eigenvalue weighted by atomic mass is 32.2. The van der Waals surface area contributed by atoms with E-state index >= 15 is 0 Å². The zero-order valence-corrected chi connectivity index (χ0v) is 14.6. The second-order valence-corrected chi connectivity index (χ2v) is 6.22. The molecule has 1 fully saturated rings. The van der Waals surface area contributed by atoms with Gasteiger partial charge in [-0.15, -0.1) is 0 Å². The van der Waals surface area contributed by atoms with Crippen LogP contribution in [0.2, 0.25) is 0 Å². The quantitative estimate of drug-likeness (QED) is 0.469. The fourth-order valence-electron chi connectivity index (χ4n) is 2.40. The number of hydrogen-bond acceptors (Lipinski definition) is 4. The summed E-state index contributed by atoms with van der Waals surface area (Å²) in [7, 11) is 1.73. The number of halogens is 1. The van der Waals surface area contributed by atoms with E-state index in [-0.39, 0.29) is 5.82 Å². The third-order valence-corrected chi connectivity index (χ3v) is 4.26. The number of rotatable bonds is 6. The molecule has 0 atom stereocenters. The molecule has 23 heavy (non-hydrogen) atoms. The van der Waals surface area contributed by atoms with Crippen molar-refractivity contribution in [3.8, 4) is 0 Å². The minimum atomic E-state index is -0.184. The van der Waals surface area contributed by atoms with Gasteiger partial charge in [0.05, 0.1) is 18.9 Å². The van der Waals surface area contributed by atoms with E-state index in [0.29, 0.717) is 25.4 Å². The first-order valence-electron chi connectivity index (χ1n) is 7.79. The number of ether oxygens (including phenoxy) is 1. The molecular formula is C16H25FN4OS. The molecule has 0 unspecified atom stereocenters. The van der Waals surface area contributed by atoms with E-state index in [1.807, 2.05) is 17.0 Å². The molecule has 0 bridgehead atoms. The van der Waals surface area contributed by atoms with Gasteiger partial charge in [-0.1, -0.05) is 6.07 Å². The van der Waals surface area contributed by atoms with Crippen LogP contribution in [0.25, 0.3) is 0 Å². The van der Waals surface area contributed by atoms with Crippen molar-refractivity contribution in [2.45, 2.75) is 6.54 Å². The minimum absolute atomic E-state index is 0.184. The average Bonchev–Trinajstić information content (AvgIpc) is 2.59. The van der Waals surface area contributed by atoms with Crippen molar-refractivity contribution in [1.82, 2.24) is 10.6 Å². The SMILES string of the molecule is CN=C(NCCSC)NCc1ccc(N2CCOCC2)c(F)c1. The molecule has 2 rings (SSSR count). The van der Waals surface area contributed by atoms with Crippen LogP contribution in [0, 0.1) is 5.82 Å². The van der Waals surface area contributed by atoms with Gasteiger partial charge in [0.2, 0.25) is 0 Å². The summed E-state index contributed by atoms with van der Waals surface area (Å²) in [6, 6.07) is 5.39. The van der Waals surface area contributed by atoms with Crippen LogP contribution in [0.3, 0.4) is 0 Å². The Morgan fingerprint density at radius 1 is 1.35 bits per heavy atom. The van der Waals surface area contributed by atoms with Gasteiger partial charge in [-0.05, 0) is 24.0 Å². The maximum absolute atomic E-state index is 14.3. The lowest BCUT2D eigenvalue weighted by Gasteiger charge is -2.29. The fraction of sp³-hybridized carbons (Fsp3) is 0.562. The number of thioether (sulfide) groups is 1. The molecule has 1 aromatic carbocycles. The first-order chi connectivity index (χ1) is 11.2. The van der Waals surface area contributed by atoms with Gasteiger partial charge in [-0.3, -0.25) is 4.99 Å². The van der Waals surface area contributed by atoms with Crippen molar-refractivity contribution < 1.29 is 9.13 Å². The van der Waals surface area contributed by atoms with Gasteiger partial charge < -0.3 is 20.3 Å². The van der Waals surface area contributed by atoms with E-state index in [1.54, 1.807) is 24.9 Å². The van der Waals surface area contributed by atoms with E-state index in [9.17, 15) is 4.39 Å². The second-order valence-electron chi connectivity index (χ2n) is 5.23. The predicted molar refractivity (Wildman–Crippen MR) is 96.0 cm³/mol. The summed E-state index contributed by atoms with van der Waals surface area (Å²) in [6.07, 6.45) is 2.07. The summed E-state index contributed by atoms with van der Waals surface area (Å²) in [5.74, 6) is 1.57. The van der Waals surface area contributed by atoms with Crippen LogP contribution in [0.1, 0.15) is 5.56 Å². The number of nitrogens with zero attached hydrogens (tertiary/aromatic N) is 2. The third kappa shape index (κ3) is 5.58. The molecule has 2 N–H and O–H groups in total. The molecule has 1 aliphatic rings. The van der Waals surface area contributed by atoms with E-state index < -0.39 is 0 Å². The summed E-state index contributed by atoms with van der Waals surface area (Å²) in [5, 5.41) is 6.42. The predicted octanol–water partition coefficient (Wildman–Crippen LogP) is 1.69. The van der Waals surface area contributed by atoms with Crippen molar-refractivity contribution in [3.63, 3.8) is 0 Å². The largest absolute Gasteiger partial charge is 0.378 e. The molecule has 1 heterocycles. The zero-order valence-electron chi connectivity index (χ0n) is 13.8. The summed E-state index contributed by atoms with van der Waals surface area (Å²) < 4.78 is 19.6.